The van der Waals surface area contributed by atoms with E-state index in [1.165, 1.54) is 0 Å². The number of para-hydroxylation sites is 1. The number of amides is 2. The Morgan fingerprint density at radius 1 is 1.23 bits per heavy atom. The number of benzene rings is 1. The summed E-state index contributed by atoms with van der Waals surface area (Å²) >= 11 is 0. The van der Waals surface area contributed by atoms with Gasteiger partial charge in [-0.15, -0.1) is 0 Å². The summed E-state index contributed by atoms with van der Waals surface area (Å²) in [5.74, 6) is 0.231. The Morgan fingerprint density at radius 3 is 2.90 bits per heavy atom. The number of carbonyl (C=O) groups excluding carboxylic acids is 2. The van der Waals surface area contributed by atoms with Gasteiger partial charge >= 0.3 is 0 Å². The first-order valence-corrected chi connectivity index (χ1v) is 10.3. The molecular weight excluding hydrogens is 380 g/mol. The van der Waals surface area contributed by atoms with Gasteiger partial charge in [-0.3, -0.25) is 14.6 Å². The first-order chi connectivity index (χ1) is 14.6. The fraction of sp³-hybridized carbons (Fsp3) is 0.348. The molecule has 1 atom stereocenters. The predicted octanol–water partition coefficient (Wildman–Crippen LogP) is 2.61. The quantitative estimate of drug-likeness (QED) is 0.684. The summed E-state index contributed by atoms with van der Waals surface area (Å²) < 4.78 is 6.08. The van der Waals surface area contributed by atoms with E-state index in [1.807, 2.05) is 35.2 Å². The van der Waals surface area contributed by atoms with E-state index >= 15 is 0 Å². The molecule has 5 rings (SSSR count). The number of hydrogen-bond acceptors (Lipinski definition) is 4. The van der Waals surface area contributed by atoms with Gasteiger partial charge in [-0.05, 0) is 43.0 Å². The fourth-order valence-corrected chi connectivity index (χ4v) is 4.60. The Bertz CT molecular complexity index is 1040. The van der Waals surface area contributed by atoms with Crippen molar-refractivity contribution < 1.29 is 14.3 Å². The molecule has 2 aromatic heterocycles. The largest absolute Gasteiger partial charge is 0.371 e. The van der Waals surface area contributed by atoms with Crippen LogP contribution in [0.15, 0.2) is 54.9 Å². The summed E-state index contributed by atoms with van der Waals surface area (Å²) in [7, 11) is 0. The van der Waals surface area contributed by atoms with Crippen molar-refractivity contribution in [3.63, 3.8) is 0 Å². The lowest BCUT2D eigenvalue weighted by Gasteiger charge is -2.50. The average Bonchev–Trinajstić information content (AvgIpc) is 3.37. The zero-order valence-corrected chi connectivity index (χ0v) is 16.6. The molecule has 2 aliphatic heterocycles. The molecule has 7 nitrogen and oxygen atoms in total. The second kappa shape index (κ2) is 7.57. The molecule has 2 aliphatic rings. The maximum absolute atomic E-state index is 12.9. The van der Waals surface area contributed by atoms with Crippen LogP contribution in [0.3, 0.4) is 0 Å². The van der Waals surface area contributed by atoms with Gasteiger partial charge in [0.15, 0.2) is 0 Å². The molecule has 0 bridgehead atoms. The van der Waals surface area contributed by atoms with Crippen LogP contribution in [0.5, 0.6) is 0 Å². The summed E-state index contributed by atoms with van der Waals surface area (Å²) in [6.07, 6.45) is 5.00. The highest BCUT2D eigenvalue weighted by atomic mass is 16.5. The number of nitrogens with one attached hydrogen (secondary N) is 2. The van der Waals surface area contributed by atoms with Crippen molar-refractivity contribution in [2.75, 3.05) is 26.2 Å². The molecule has 30 heavy (non-hydrogen) atoms. The molecule has 0 saturated carbocycles. The summed E-state index contributed by atoms with van der Waals surface area (Å²) in [5, 5.41) is 4.00. The molecule has 4 heterocycles. The first-order valence-electron chi connectivity index (χ1n) is 10.3. The SMILES string of the molecule is O=C(NCC[C@H]1CCOC12CN(C(=O)c1cc3ccccc3[nH]1)C2)c1cccnc1. The third-order valence-corrected chi connectivity index (χ3v) is 6.27. The lowest BCUT2D eigenvalue weighted by Crippen LogP contribution is -2.66. The minimum absolute atomic E-state index is 0.0101. The van der Waals surface area contributed by atoms with Gasteiger partial charge in [0, 0.05) is 36.4 Å². The maximum atomic E-state index is 12.9. The fourth-order valence-electron chi connectivity index (χ4n) is 4.60. The van der Waals surface area contributed by atoms with Crippen LogP contribution in [0.1, 0.15) is 33.7 Å². The normalized spacial score (nSPS) is 19.7. The Balaban J connectivity index is 1.17. The number of carbonyl (C=O) groups is 2. The second-order valence-corrected chi connectivity index (χ2v) is 8.12. The number of ether oxygens (including phenoxy) is 1. The Labute approximate surface area is 174 Å². The minimum atomic E-state index is -0.277. The van der Waals surface area contributed by atoms with E-state index < -0.39 is 0 Å². The smallest absolute Gasteiger partial charge is 0.270 e. The summed E-state index contributed by atoms with van der Waals surface area (Å²) in [4.78, 5) is 34.1. The van der Waals surface area contributed by atoms with Crippen molar-refractivity contribution >= 4 is 22.7 Å². The van der Waals surface area contributed by atoms with E-state index in [4.69, 9.17) is 4.74 Å². The molecule has 2 fully saturated rings. The van der Waals surface area contributed by atoms with Crippen molar-refractivity contribution in [1.82, 2.24) is 20.2 Å². The van der Waals surface area contributed by atoms with Gasteiger partial charge in [0.2, 0.25) is 0 Å². The third-order valence-electron chi connectivity index (χ3n) is 6.27. The van der Waals surface area contributed by atoms with Gasteiger partial charge in [0.1, 0.15) is 11.3 Å². The van der Waals surface area contributed by atoms with Crippen LogP contribution in [0, 0.1) is 5.92 Å². The van der Waals surface area contributed by atoms with E-state index in [1.54, 1.807) is 24.5 Å². The monoisotopic (exact) mass is 404 g/mol. The number of pyridine rings is 1. The van der Waals surface area contributed by atoms with Gasteiger partial charge in [-0.2, -0.15) is 0 Å². The highest BCUT2D eigenvalue weighted by Crippen LogP contribution is 2.42. The summed E-state index contributed by atoms with van der Waals surface area (Å²) in [5.41, 5.74) is 1.87. The van der Waals surface area contributed by atoms with Crippen LogP contribution in [0.2, 0.25) is 0 Å². The zero-order valence-electron chi connectivity index (χ0n) is 16.6. The molecular formula is C23H24N4O3. The molecule has 1 aromatic carbocycles. The van der Waals surface area contributed by atoms with Crippen LogP contribution >= 0.6 is 0 Å². The molecule has 154 valence electrons. The van der Waals surface area contributed by atoms with Gasteiger partial charge in [-0.1, -0.05) is 18.2 Å². The Morgan fingerprint density at radius 2 is 2.10 bits per heavy atom. The van der Waals surface area contributed by atoms with Crippen LogP contribution in [0.25, 0.3) is 10.9 Å². The van der Waals surface area contributed by atoms with Crippen molar-refractivity contribution in [2.24, 2.45) is 5.92 Å². The maximum Gasteiger partial charge on any atom is 0.270 e. The number of nitrogens with zero attached hydrogens (tertiary/aromatic N) is 2. The minimum Gasteiger partial charge on any atom is -0.371 e. The van der Waals surface area contributed by atoms with Crippen molar-refractivity contribution in [3.8, 4) is 0 Å². The van der Waals surface area contributed by atoms with Gasteiger partial charge in [-0.25, -0.2) is 0 Å². The van der Waals surface area contributed by atoms with Crippen LogP contribution in [-0.2, 0) is 4.74 Å². The number of aromatic nitrogens is 2. The Hall–Kier alpha value is -3.19. The number of fused-ring (bicyclic) bond motifs is 1. The topological polar surface area (TPSA) is 87.3 Å². The highest BCUT2D eigenvalue weighted by molar-refractivity contribution is 5.98. The molecule has 0 unspecified atom stereocenters. The van der Waals surface area contributed by atoms with Crippen molar-refractivity contribution in [2.45, 2.75) is 18.4 Å². The van der Waals surface area contributed by atoms with E-state index in [2.05, 4.69) is 15.3 Å². The Kier molecular flexibility index (Phi) is 4.75. The lowest BCUT2D eigenvalue weighted by molar-refractivity contribution is -0.118. The lowest BCUT2D eigenvalue weighted by atomic mass is 9.78. The molecule has 0 radical (unpaired) electrons. The standard InChI is InChI=1S/C23H24N4O3/c28-21(17-5-3-9-24-13-17)25-10-7-18-8-11-30-23(18)14-27(15-23)22(29)20-12-16-4-1-2-6-19(16)26-20/h1-6,9,12-13,18,26H,7-8,10-11,14-15H2,(H,25,28)/t18-/m0/s1. The van der Waals surface area contributed by atoms with Crippen molar-refractivity contribution in [3.05, 3.63) is 66.1 Å². The molecule has 2 N–H and O–H groups in total. The van der Waals surface area contributed by atoms with Crippen LogP contribution < -0.4 is 5.32 Å². The summed E-state index contributed by atoms with van der Waals surface area (Å²) in [6.45, 7) is 2.49. The van der Waals surface area contributed by atoms with Crippen LogP contribution in [-0.4, -0.2) is 58.5 Å². The molecule has 2 saturated heterocycles. The van der Waals surface area contributed by atoms with E-state index in [0.717, 1.165) is 23.7 Å². The number of aromatic amines is 1. The van der Waals surface area contributed by atoms with E-state index in [0.29, 0.717) is 43.4 Å². The molecule has 7 heteroatoms. The van der Waals surface area contributed by atoms with Gasteiger partial charge < -0.3 is 19.9 Å². The van der Waals surface area contributed by atoms with Crippen LogP contribution in [0.4, 0.5) is 0 Å². The number of hydrogen-bond donors (Lipinski definition) is 2. The molecule has 0 aliphatic carbocycles. The number of H-pyrrole nitrogens is 1. The van der Waals surface area contributed by atoms with Gasteiger partial charge in [0.25, 0.3) is 11.8 Å². The molecule has 1 spiro atoms. The molecule has 3 aromatic rings. The first kappa shape index (κ1) is 18.8. The van der Waals surface area contributed by atoms with E-state index in [9.17, 15) is 9.59 Å². The van der Waals surface area contributed by atoms with Gasteiger partial charge in [0.05, 0.1) is 18.7 Å². The zero-order chi connectivity index (χ0) is 20.6. The third kappa shape index (κ3) is 3.35. The molecule has 2 amide bonds. The predicted molar refractivity (Wildman–Crippen MR) is 112 cm³/mol. The second-order valence-electron chi connectivity index (χ2n) is 8.12. The number of rotatable bonds is 5. The average molecular weight is 404 g/mol. The van der Waals surface area contributed by atoms with Crippen molar-refractivity contribution in [1.29, 1.82) is 0 Å². The summed E-state index contributed by atoms with van der Waals surface area (Å²) in [6, 6.07) is 13.3. The highest BCUT2D eigenvalue weighted by Gasteiger charge is 2.54. The number of likely N-dealkylation sites (tertiary alicyclic amines) is 1. The van der Waals surface area contributed by atoms with E-state index in [-0.39, 0.29) is 17.4 Å².